The van der Waals surface area contributed by atoms with Crippen LogP contribution < -0.4 is 5.73 Å². The zero-order valence-corrected chi connectivity index (χ0v) is 17.8. The Bertz CT molecular complexity index is 1300. The van der Waals surface area contributed by atoms with Gasteiger partial charge in [0.05, 0.1) is 16.8 Å². The second-order valence-electron chi connectivity index (χ2n) is 7.96. The van der Waals surface area contributed by atoms with E-state index in [-0.39, 0.29) is 0 Å². The third-order valence-electron chi connectivity index (χ3n) is 5.34. The van der Waals surface area contributed by atoms with Crippen molar-refractivity contribution < 1.29 is 0 Å². The van der Waals surface area contributed by atoms with E-state index in [0.717, 1.165) is 44.9 Å². The zero-order valence-electron chi connectivity index (χ0n) is 17.8. The molecule has 0 unspecified atom stereocenters. The number of benzene rings is 1. The van der Waals surface area contributed by atoms with E-state index >= 15 is 0 Å². The van der Waals surface area contributed by atoms with Gasteiger partial charge in [-0.05, 0) is 56.2 Å². The van der Waals surface area contributed by atoms with E-state index in [9.17, 15) is 0 Å². The molecule has 0 saturated heterocycles. The van der Waals surface area contributed by atoms with Crippen LogP contribution in [0.15, 0.2) is 67.3 Å². The summed E-state index contributed by atoms with van der Waals surface area (Å²) in [4.78, 5) is 17.4. The van der Waals surface area contributed by atoms with Crippen LogP contribution in [0.25, 0.3) is 33.5 Å². The van der Waals surface area contributed by atoms with Crippen molar-refractivity contribution in [2.24, 2.45) is 0 Å². The Hall–Kier alpha value is -4.04. The molecule has 0 aliphatic rings. The third-order valence-corrected chi connectivity index (χ3v) is 5.34. The monoisotopic (exact) mass is 405 g/mol. The number of aromatic nitrogens is 4. The predicted octanol–water partition coefficient (Wildman–Crippen LogP) is 5.07. The molecule has 3 heterocycles. The van der Waals surface area contributed by atoms with Crippen LogP contribution in [0.5, 0.6) is 0 Å². The number of rotatable bonds is 4. The van der Waals surface area contributed by atoms with Gasteiger partial charge in [0.15, 0.2) is 0 Å². The van der Waals surface area contributed by atoms with Gasteiger partial charge in [-0.3, -0.25) is 9.97 Å². The second kappa shape index (κ2) is 8.00. The molecule has 31 heavy (non-hydrogen) atoms. The summed E-state index contributed by atoms with van der Waals surface area (Å²) in [5, 5.41) is 0. The molecule has 0 bridgehead atoms. The number of pyridine rings is 2. The normalized spacial score (nSPS) is 11.2. The minimum atomic E-state index is -0.440. The van der Waals surface area contributed by atoms with Gasteiger partial charge >= 0.3 is 0 Å². The highest BCUT2D eigenvalue weighted by molar-refractivity contribution is 5.77. The molecule has 1 aromatic carbocycles. The van der Waals surface area contributed by atoms with Gasteiger partial charge in [0.25, 0.3) is 0 Å². The number of hydrogen-bond acceptors (Lipinski definition) is 5. The van der Waals surface area contributed by atoms with Crippen molar-refractivity contribution in [2.75, 3.05) is 5.73 Å². The van der Waals surface area contributed by atoms with Crippen LogP contribution in [0, 0.1) is 19.3 Å². The van der Waals surface area contributed by atoms with Crippen molar-refractivity contribution in [3.63, 3.8) is 0 Å². The van der Waals surface area contributed by atoms with Crippen LogP contribution in [-0.2, 0) is 5.41 Å². The van der Waals surface area contributed by atoms with Crippen molar-refractivity contribution in [1.29, 1.82) is 0 Å². The van der Waals surface area contributed by atoms with Gasteiger partial charge in [-0.1, -0.05) is 24.1 Å². The highest BCUT2D eigenvalue weighted by Gasteiger charge is 2.19. The van der Waals surface area contributed by atoms with Crippen LogP contribution in [-0.4, -0.2) is 19.9 Å². The Morgan fingerprint density at radius 3 is 2.45 bits per heavy atom. The highest BCUT2D eigenvalue weighted by atomic mass is 14.9. The van der Waals surface area contributed by atoms with Crippen LogP contribution >= 0.6 is 0 Å². The first kappa shape index (κ1) is 20.2. The number of nitrogen functional groups attached to an aromatic ring is 1. The van der Waals surface area contributed by atoms with Crippen molar-refractivity contribution >= 4 is 5.82 Å². The highest BCUT2D eigenvalue weighted by Crippen LogP contribution is 2.32. The summed E-state index contributed by atoms with van der Waals surface area (Å²) < 4.78 is 0. The Morgan fingerprint density at radius 1 is 0.871 bits per heavy atom. The lowest BCUT2D eigenvalue weighted by atomic mass is 9.88. The third kappa shape index (κ3) is 4.15. The average Bonchev–Trinajstić information content (AvgIpc) is 2.79. The first-order valence-corrected chi connectivity index (χ1v) is 9.97. The van der Waals surface area contributed by atoms with Crippen molar-refractivity contribution in [3.05, 3.63) is 78.6 Å². The summed E-state index contributed by atoms with van der Waals surface area (Å²) in [6, 6.07) is 16.1. The standard InChI is InChI=1S/C26H23N5/c1-5-26(3,4)24-13-18(9-10-28-24)21-12-22(17(2)29-15-21)19-7-6-8-20(11-19)23-14-25(27)31-16-30-23/h1,6-16H,2-4H3,(H2,27,30,31). The predicted molar refractivity (Wildman–Crippen MR) is 125 cm³/mol. The van der Waals surface area contributed by atoms with E-state index in [1.165, 1.54) is 6.33 Å². The second-order valence-corrected chi connectivity index (χ2v) is 7.96. The molecule has 0 radical (unpaired) electrons. The SMILES string of the molecule is C#CC(C)(C)c1cc(-c2cnc(C)c(-c3cccc(-c4cc(N)ncn4)c3)c2)ccn1. The maximum Gasteiger partial charge on any atom is 0.127 e. The smallest absolute Gasteiger partial charge is 0.127 e. The number of aryl methyl sites for hydroxylation is 1. The fourth-order valence-corrected chi connectivity index (χ4v) is 3.39. The molecule has 5 heteroatoms. The van der Waals surface area contributed by atoms with Crippen LogP contribution in [0.3, 0.4) is 0 Å². The molecule has 0 saturated carbocycles. The van der Waals surface area contributed by atoms with Gasteiger partial charge in [-0.15, -0.1) is 6.42 Å². The van der Waals surface area contributed by atoms with Crippen LogP contribution in [0.1, 0.15) is 25.2 Å². The molecule has 3 aromatic heterocycles. The molecule has 0 aliphatic carbocycles. The number of nitrogens with zero attached hydrogens (tertiary/aromatic N) is 4. The summed E-state index contributed by atoms with van der Waals surface area (Å²) in [5.41, 5.74) is 13.1. The van der Waals surface area contributed by atoms with E-state index in [4.69, 9.17) is 12.2 Å². The largest absolute Gasteiger partial charge is 0.384 e. The number of terminal acetylenes is 1. The molecule has 0 fully saturated rings. The topological polar surface area (TPSA) is 77.6 Å². The lowest BCUT2D eigenvalue weighted by molar-refractivity contribution is 0.671. The van der Waals surface area contributed by atoms with E-state index < -0.39 is 5.41 Å². The summed E-state index contributed by atoms with van der Waals surface area (Å²) >= 11 is 0. The van der Waals surface area contributed by atoms with Gasteiger partial charge in [-0.2, -0.15) is 0 Å². The molecule has 0 aliphatic heterocycles. The first-order chi connectivity index (χ1) is 14.9. The van der Waals surface area contributed by atoms with E-state index in [1.807, 2.05) is 51.2 Å². The lowest BCUT2D eigenvalue weighted by Crippen LogP contribution is -2.15. The van der Waals surface area contributed by atoms with Gasteiger partial charge in [0.2, 0.25) is 0 Å². The van der Waals surface area contributed by atoms with Crippen molar-refractivity contribution in [3.8, 4) is 45.9 Å². The quantitative estimate of drug-likeness (QED) is 0.480. The van der Waals surface area contributed by atoms with E-state index in [2.05, 4.69) is 44.1 Å². The number of hydrogen-bond donors (Lipinski definition) is 1. The van der Waals surface area contributed by atoms with Crippen LogP contribution in [0.4, 0.5) is 5.82 Å². The Balaban J connectivity index is 1.78. The van der Waals surface area contributed by atoms with Crippen LogP contribution in [0.2, 0.25) is 0 Å². The summed E-state index contributed by atoms with van der Waals surface area (Å²) in [6.45, 7) is 5.99. The molecule has 0 amide bonds. The Kier molecular flexibility index (Phi) is 5.22. The lowest BCUT2D eigenvalue weighted by Gasteiger charge is -2.17. The maximum absolute atomic E-state index is 5.83. The fraction of sp³-hybridized carbons (Fsp3) is 0.154. The average molecular weight is 406 g/mol. The van der Waals surface area contributed by atoms with Gasteiger partial charge in [0.1, 0.15) is 12.1 Å². The van der Waals surface area contributed by atoms with Crippen molar-refractivity contribution in [2.45, 2.75) is 26.2 Å². The summed E-state index contributed by atoms with van der Waals surface area (Å²) in [5.74, 6) is 3.25. The Morgan fingerprint density at radius 2 is 1.68 bits per heavy atom. The molecule has 4 aromatic rings. The minimum absolute atomic E-state index is 0.440. The zero-order chi connectivity index (χ0) is 22.0. The molecule has 152 valence electrons. The van der Waals surface area contributed by atoms with Gasteiger partial charge in [0, 0.05) is 40.8 Å². The van der Waals surface area contributed by atoms with Gasteiger partial charge < -0.3 is 5.73 Å². The molecular formula is C26H23N5. The number of anilines is 1. The van der Waals surface area contributed by atoms with Gasteiger partial charge in [-0.25, -0.2) is 9.97 Å². The minimum Gasteiger partial charge on any atom is -0.384 e. The maximum atomic E-state index is 5.83. The molecular weight excluding hydrogens is 382 g/mol. The fourth-order valence-electron chi connectivity index (χ4n) is 3.39. The molecule has 2 N–H and O–H groups in total. The molecule has 0 spiro atoms. The van der Waals surface area contributed by atoms with E-state index in [0.29, 0.717) is 5.82 Å². The molecule has 4 rings (SSSR count). The van der Waals surface area contributed by atoms with Crippen molar-refractivity contribution in [1.82, 2.24) is 19.9 Å². The van der Waals surface area contributed by atoms with E-state index in [1.54, 1.807) is 12.3 Å². The number of nitrogens with two attached hydrogens (primary N) is 1. The summed E-state index contributed by atoms with van der Waals surface area (Å²) in [6.07, 6.45) is 10.9. The first-order valence-electron chi connectivity index (χ1n) is 9.97. The summed E-state index contributed by atoms with van der Waals surface area (Å²) in [7, 11) is 0. The molecule has 0 atom stereocenters. The molecule has 5 nitrogen and oxygen atoms in total. The Labute approximate surface area is 182 Å².